The van der Waals surface area contributed by atoms with Crippen LogP contribution in [-0.4, -0.2) is 45.1 Å². The maximum absolute atomic E-state index is 13.8. The van der Waals surface area contributed by atoms with Crippen LogP contribution in [-0.2, 0) is 9.53 Å². The van der Waals surface area contributed by atoms with Gasteiger partial charge in [0, 0.05) is 5.56 Å². The predicted octanol–water partition coefficient (Wildman–Crippen LogP) is 3.43. The lowest BCUT2D eigenvalue weighted by atomic mass is 9.94. The third kappa shape index (κ3) is 5.51. The van der Waals surface area contributed by atoms with Gasteiger partial charge in [-0.05, 0) is 55.8 Å². The van der Waals surface area contributed by atoms with Gasteiger partial charge in [0.05, 0.1) is 43.7 Å². The number of esters is 1. The van der Waals surface area contributed by atoms with Crippen LogP contribution in [0.5, 0.6) is 23.0 Å². The number of benzene rings is 2. The van der Waals surface area contributed by atoms with Crippen LogP contribution < -0.4 is 33.8 Å². The molecule has 0 unspecified atom stereocenters. The molecule has 39 heavy (non-hydrogen) atoms. The van der Waals surface area contributed by atoms with Crippen LogP contribution in [0, 0.1) is 0 Å². The summed E-state index contributed by atoms with van der Waals surface area (Å²) in [7, 11) is 4.33. The molecule has 0 saturated carbocycles. The molecule has 0 N–H and O–H groups in total. The first kappa shape index (κ1) is 27.8. The van der Waals surface area contributed by atoms with E-state index in [1.54, 1.807) is 38.1 Å². The molecule has 0 spiro atoms. The molecule has 0 radical (unpaired) electrons. The summed E-state index contributed by atoms with van der Waals surface area (Å²) in [6.45, 7) is 0.486. The largest absolute Gasteiger partial charge is 0.497 e. The highest BCUT2D eigenvalue weighted by Crippen LogP contribution is 2.38. The second-order valence-corrected chi connectivity index (χ2v) is 9.21. The SMILES string of the molecule is CCOC(=O)C1=C(C)N=c2s/c(=C/c3ccc(OC(F)F)c(OC)c3)c(=O)n2[C@@H]1c1cc(OC)ccc1OC. The molecule has 0 amide bonds. The lowest BCUT2D eigenvalue weighted by molar-refractivity contribution is -0.139. The first-order valence-electron chi connectivity index (χ1n) is 11.8. The Kier molecular flexibility index (Phi) is 8.34. The number of methoxy groups -OCH3 is 3. The number of ether oxygens (including phenoxy) is 5. The molecule has 9 nitrogen and oxygen atoms in total. The van der Waals surface area contributed by atoms with Gasteiger partial charge < -0.3 is 23.7 Å². The van der Waals surface area contributed by atoms with Crippen LogP contribution in [0.2, 0.25) is 0 Å². The Hall–Kier alpha value is -4.19. The summed E-state index contributed by atoms with van der Waals surface area (Å²) in [5.74, 6) is 0.277. The molecular weight excluding hydrogens is 534 g/mol. The first-order valence-corrected chi connectivity index (χ1v) is 12.6. The van der Waals surface area contributed by atoms with Crippen molar-refractivity contribution in [2.45, 2.75) is 26.5 Å². The summed E-state index contributed by atoms with van der Waals surface area (Å²) in [6, 6.07) is 8.53. The molecule has 0 bridgehead atoms. The van der Waals surface area contributed by atoms with E-state index in [0.717, 1.165) is 11.3 Å². The highest BCUT2D eigenvalue weighted by atomic mass is 32.1. The second-order valence-electron chi connectivity index (χ2n) is 8.20. The number of aromatic nitrogens is 1. The second kappa shape index (κ2) is 11.7. The number of alkyl halides is 2. The van der Waals surface area contributed by atoms with Crippen molar-refractivity contribution >= 4 is 23.4 Å². The first-order chi connectivity index (χ1) is 18.7. The predicted molar refractivity (Wildman–Crippen MR) is 140 cm³/mol. The van der Waals surface area contributed by atoms with Crippen LogP contribution >= 0.6 is 11.3 Å². The molecule has 0 saturated heterocycles. The van der Waals surface area contributed by atoms with E-state index < -0.39 is 24.2 Å². The highest BCUT2D eigenvalue weighted by molar-refractivity contribution is 7.07. The van der Waals surface area contributed by atoms with Crippen molar-refractivity contribution in [1.29, 1.82) is 0 Å². The standard InChI is InChI=1S/C27H26F2N2O7S/c1-6-37-25(33)22-14(2)30-27-31(23(22)17-13-16(34-3)8-10-18(17)35-4)24(32)21(39-27)12-15-7-9-19(38-26(28)29)20(11-15)36-5/h7-13,23,26H,6H2,1-5H3/b21-12+/t23-/m1/s1. The molecule has 1 atom stereocenters. The summed E-state index contributed by atoms with van der Waals surface area (Å²) < 4.78 is 53.1. The number of rotatable bonds is 9. The van der Waals surface area contributed by atoms with Gasteiger partial charge in [-0.15, -0.1) is 0 Å². The maximum Gasteiger partial charge on any atom is 0.387 e. The van der Waals surface area contributed by atoms with Gasteiger partial charge in [0.1, 0.15) is 17.5 Å². The lowest BCUT2D eigenvalue weighted by Gasteiger charge is -2.26. The van der Waals surface area contributed by atoms with Gasteiger partial charge in [-0.1, -0.05) is 17.4 Å². The molecule has 12 heteroatoms. The van der Waals surface area contributed by atoms with E-state index in [1.165, 1.54) is 44.1 Å². The molecular formula is C27H26F2N2O7S. The van der Waals surface area contributed by atoms with Gasteiger partial charge in [-0.25, -0.2) is 9.79 Å². The van der Waals surface area contributed by atoms with Crippen molar-refractivity contribution in [2.75, 3.05) is 27.9 Å². The van der Waals surface area contributed by atoms with E-state index in [4.69, 9.17) is 18.9 Å². The van der Waals surface area contributed by atoms with Gasteiger partial charge in [0.25, 0.3) is 5.56 Å². The van der Waals surface area contributed by atoms with Crippen molar-refractivity contribution in [3.63, 3.8) is 0 Å². The summed E-state index contributed by atoms with van der Waals surface area (Å²) >= 11 is 1.12. The van der Waals surface area contributed by atoms with Crippen molar-refractivity contribution < 1.29 is 37.3 Å². The minimum absolute atomic E-state index is 0.0799. The molecule has 1 aliphatic rings. The van der Waals surface area contributed by atoms with Gasteiger partial charge in [0.2, 0.25) is 0 Å². The van der Waals surface area contributed by atoms with Gasteiger partial charge >= 0.3 is 12.6 Å². The van der Waals surface area contributed by atoms with E-state index in [1.807, 2.05) is 0 Å². The van der Waals surface area contributed by atoms with E-state index in [9.17, 15) is 18.4 Å². The third-order valence-corrected chi connectivity index (χ3v) is 6.93. The summed E-state index contributed by atoms with van der Waals surface area (Å²) in [5.41, 5.74) is 1.19. The molecule has 3 aromatic rings. The number of halogens is 2. The molecule has 1 aliphatic heterocycles. The molecule has 0 fully saturated rings. The molecule has 206 valence electrons. The van der Waals surface area contributed by atoms with E-state index in [0.29, 0.717) is 37.7 Å². The van der Waals surface area contributed by atoms with Gasteiger partial charge in [-0.3, -0.25) is 9.36 Å². The minimum Gasteiger partial charge on any atom is -0.497 e. The van der Waals surface area contributed by atoms with E-state index >= 15 is 0 Å². The Morgan fingerprint density at radius 2 is 1.79 bits per heavy atom. The number of fused-ring (bicyclic) bond motifs is 1. The average molecular weight is 561 g/mol. The number of hydrogen-bond donors (Lipinski definition) is 0. The molecule has 2 heterocycles. The van der Waals surface area contributed by atoms with Crippen LogP contribution in [0.4, 0.5) is 8.78 Å². The Labute approximate surface area is 226 Å². The molecule has 2 aromatic carbocycles. The Balaban J connectivity index is 1.94. The zero-order chi connectivity index (χ0) is 28.3. The number of hydrogen-bond acceptors (Lipinski definition) is 9. The summed E-state index contributed by atoms with van der Waals surface area (Å²) in [6.07, 6.45) is 1.59. The average Bonchev–Trinajstić information content (AvgIpc) is 3.22. The summed E-state index contributed by atoms with van der Waals surface area (Å²) in [4.78, 5) is 31.9. The molecule has 1 aromatic heterocycles. The quantitative estimate of drug-likeness (QED) is 0.370. The summed E-state index contributed by atoms with van der Waals surface area (Å²) in [5, 5.41) is 0. The Bertz CT molecular complexity index is 1610. The number of thiazole rings is 1. The smallest absolute Gasteiger partial charge is 0.387 e. The third-order valence-electron chi connectivity index (χ3n) is 5.95. The minimum atomic E-state index is -3.01. The normalized spacial score (nSPS) is 15.1. The fraction of sp³-hybridized carbons (Fsp3) is 0.296. The molecule has 0 aliphatic carbocycles. The zero-order valence-corrected chi connectivity index (χ0v) is 22.6. The topological polar surface area (TPSA) is 97.6 Å². The van der Waals surface area contributed by atoms with Crippen LogP contribution in [0.15, 0.2) is 57.5 Å². The lowest BCUT2D eigenvalue weighted by Crippen LogP contribution is -2.40. The molecule has 4 rings (SSSR count). The van der Waals surface area contributed by atoms with Crippen molar-refractivity contribution in [3.05, 3.63) is 78.5 Å². The van der Waals surface area contributed by atoms with E-state index in [-0.39, 0.29) is 23.7 Å². The highest BCUT2D eigenvalue weighted by Gasteiger charge is 2.35. The van der Waals surface area contributed by atoms with Crippen LogP contribution in [0.25, 0.3) is 6.08 Å². The number of carbonyl (C=O) groups is 1. The van der Waals surface area contributed by atoms with Crippen LogP contribution in [0.1, 0.15) is 31.0 Å². The fourth-order valence-electron chi connectivity index (χ4n) is 4.26. The number of carbonyl (C=O) groups excluding carboxylic acids is 1. The Morgan fingerprint density at radius 3 is 2.44 bits per heavy atom. The fourth-order valence-corrected chi connectivity index (χ4v) is 5.30. The van der Waals surface area contributed by atoms with Gasteiger partial charge in [-0.2, -0.15) is 8.78 Å². The van der Waals surface area contributed by atoms with Crippen molar-refractivity contribution in [2.24, 2.45) is 4.99 Å². The van der Waals surface area contributed by atoms with Crippen molar-refractivity contribution in [3.8, 4) is 23.0 Å². The van der Waals surface area contributed by atoms with E-state index in [2.05, 4.69) is 9.73 Å². The Morgan fingerprint density at radius 1 is 1.08 bits per heavy atom. The number of nitrogens with zero attached hydrogens (tertiary/aromatic N) is 2. The zero-order valence-electron chi connectivity index (χ0n) is 21.8. The van der Waals surface area contributed by atoms with Gasteiger partial charge in [0.15, 0.2) is 16.3 Å². The monoisotopic (exact) mass is 560 g/mol. The van der Waals surface area contributed by atoms with Crippen LogP contribution in [0.3, 0.4) is 0 Å². The number of allylic oxidation sites excluding steroid dienone is 1. The van der Waals surface area contributed by atoms with Crippen molar-refractivity contribution in [1.82, 2.24) is 4.57 Å². The maximum atomic E-state index is 13.8.